The van der Waals surface area contributed by atoms with Crippen molar-refractivity contribution in [2.45, 2.75) is 26.4 Å². The van der Waals surface area contributed by atoms with Crippen LogP contribution in [0.5, 0.6) is 11.5 Å². The molecule has 0 saturated carbocycles. The molecule has 0 amide bonds. The van der Waals surface area contributed by atoms with E-state index in [0.29, 0.717) is 22.7 Å². The van der Waals surface area contributed by atoms with Gasteiger partial charge in [0, 0.05) is 11.3 Å². The summed E-state index contributed by atoms with van der Waals surface area (Å²) in [6.45, 7) is 3.95. The third-order valence-electron chi connectivity index (χ3n) is 3.50. The molecule has 0 fully saturated rings. The summed E-state index contributed by atoms with van der Waals surface area (Å²) in [5.41, 5.74) is 0.881. The second-order valence-electron chi connectivity index (χ2n) is 5.83. The minimum absolute atomic E-state index is 0.0518. The zero-order chi connectivity index (χ0) is 18.5. The first-order valence-corrected chi connectivity index (χ1v) is 9.43. The lowest BCUT2D eigenvalue weighted by Crippen LogP contribution is -2.07. The first kappa shape index (κ1) is 18.3. The molecule has 2 heterocycles. The summed E-state index contributed by atoms with van der Waals surface area (Å²) in [7, 11) is 1.62. The van der Waals surface area contributed by atoms with Crippen LogP contribution < -0.4 is 9.47 Å². The number of aromatic nitrogens is 3. The number of nitrogens with one attached hydrogen (secondary N) is 1. The van der Waals surface area contributed by atoms with Crippen molar-refractivity contribution in [1.82, 2.24) is 14.9 Å². The van der Waals surface area contributed by atoms with Crippen LogP contribution in [0.4, 0.5) is 0 Å². The van der Waals surface area contributed by atoms with E-state index < -0.39 is 0 Å². The molecule has 136 valence electrons. The maximum atomic E-state index is 5.80. The largest absolute Gasteiger partial charge is 0.493 e. The highest BCUT2D eigenvalue weighted by Gasteiger charge is 2.09. The number of H-pyrrole nitrogens is 1. The van der Waals surface area contributed by atoms with E-state index in [2.05, 4.69) is 21.4 Å². The normalized spacial score (nSPS) is 11.4. The smallest absolute Gasteiger partial charge is 0.216 e. The summed E-state index contributed by atoms with van der Waals surface area (Å²) >= 11 is 6.97. The average Bonchev–Trinajstić information content (AvgIpc) is 3.24. The van der Waals surface area contributed by atoms with E-state index in [0.717, 1.165) is 11.4 Å². The molecule has 3 rings (SSSR count). The highest BCUT2D eigenvalue weighted by atomic mass is 32.1. The van der Waals surface area contributed by atoms with Gasteiger partial charge in [-0.05, 0) is 61.3 Å². The molecule has 3 aromatic rings. The van der Waals surface area contributed by atoms with E-state index in [1.54, 1.807) is 29.3 Å². The molecule has 0 saturated heterocycles. The van der Waals surface area contributed by atoms with E-state index in [-0.39, 0.29) is 6.10 Å². The molecular weight excluding hydrogens is 368 g/mol. The predicted molar refractivity (Wildman–Crippen MR) is 106 cm³/mol. The van der Waals surface area contributed by atoms with Crippen LogP contribution >= 0.6 is 23.6 Å². The molecule has 0 atom stereocenters. The number of hydrogen-bond donors (Lipinski definition) is 1. The third kappa shape index (κ3) is 4.39. The number of ether oxygens (including phenoxy) is 2. The number of benzene rings is 1. The number of aromatic amines is 1. The van der Waals surface area contributed by atoms with Crippen molar-refractivity contribution >= 4 is 29.8 Å². The van der Waals surface area contributed by atoms with Gasteiger partial charge >= 0.3 is 0 Å². The molecule has 0 radical (unpaired) electrons. The second-order valence-corrected chi connectivity index (χ2v) is 7.25. The minimum atomic E-state index is 0.0518. The SMILES string of the molecule is COc1ccc(/C=N\n2c(Cc3cccs3)n[nH]c2=S)cc1OC(C)C. The van der Waals surface area contributed by atoms with Gasteiger partial charge in [0.25, 0.3) is 0 Å². The molecule has 8 heteroatoms. The average molecular weight is 389 g/mol. The van der Waals surface area contributed by atoms with Gasteiger partial charge in [0.15, 0.2) is 17.3 Å². The van der Waals surface area contributed by atoms with Crippen LogP contribution in [0.15, 0.2) is 40.8 Å². The molecule has 1 aromatic carbocycles. The summed E-state index contributed by atoms with van der Waals surface area (Å²) < 4.78 is 13.2. The Hall–Kier alpha value is -2.45. The summed E-state index contributed by atoms with van der Waals surface area (Å²) in [5.74, 6) is 2.14. The van der Waals surface area contributed by atoms with Crippen molar-refractivity contribution in [2.75, 3.05) is 7.11 Å². The zero-order valence-corrected chi connectivity index (χ0v) is 16.4. The monoisotopic (exact) mass is 388 g/mol. The van der Waals surface area contributed by atoms with Crippen molar-refractivity contribution < 1.29 is 9.47 Å². The fourth-order valence-electron chi connectivity index (χ4n) is 2.37. The Labute approximate surface area is 161 Å². The van der Waals surface area contributed by atoms with Gasteiger partial charge in [-0.3, -0.25) is 5.10 Å². The van der Waals surface area contributed by atoms with E-state index in [1.165, 1.54) is 4.88 Å². The summed E-state index contributed by atoms with van der Waals surface area (Å²) in [5, 5.41) is 13.6. The molecule has 0 aliphatic rings. The fraction of sp³-hybridized carbons (Fsp3) is 0.278. The van der Waals surface area contributed by atoms with Gasteiger partial charge in [-0.15, -0.1) is 11.3 Å². The van der Waals surface area contributed by atoms with Crippen molar-refractivity contribution in [3.8, 4) is 11.5 Å². The van der Waals surface area contributed by atoms with Crippen LogP contribution in [0.3, 0.4) is 0 Å². The first-order valence-electron chi connectivity index (χ1n) is 8.14. The predicted octanol–water partition coefficient (Wildman–Crippen LogP) is 4.27. The van der Waals surface area contributed by atoms with Gasteiger partial charge in [0.05, 0.1) is 19.4 Å². The van der Waals surface area contributed by atoms with Crippen LogP contribution in [0.1, 0.15) is 30.1 Å². The quantitative estimate of drug-likeness (QED) is 0.485. The van der Waals surface area contributed by atoms with Crippen molar-refractivity contribution in [3.05, 3.63) is 56.7 Å². The van der Waals surface area contributed by atoms with Crippen LogP contribution in [0.25, 0.3) is 0 Å². The highest BCUT2D eigenvalue weighted by molar-refractivity contribution is 7.71. The topological polar surface area (TPSA) is 64.4 Å². The number of methoxy groups -OCH3 is 1. The van der Waals surface area contributed by atoms with E-state index in [4.69, 9.17) is 21.7 Å². The number of thiophene rings is 1. The van der Waals surface area contributed by atoms with Gasteiger partial charge in [0.2, 0.25) is 4.77 Å². The van der Waals surface area contributed by atoms with Gasteiger partial charge < -0.3 is 9.47 Å². The van der Waals surface area contributed by atoms with Crippen molar-refractivity contribution in [1.29, 1.82) is 0 Å². The Morgan fingerprint density at radius 2 is 2.19 bits per heavy atom. The molecule has 0 aliphatic heterocycles. The van der Waals surface area contributed by atoms with Crippen LogP contribution in [0, 0.1) is 4.77 Å². The minimum Gasteiger partial charge on any atom is -0.493 e. The summed E-state index contributed by atoms with van der Waals surface area (Å²) in [4.78, 5) is 1.20. The molecule has 26 heavy (non-hydrogen) atoms. The van der Waals surface area contributed by atoms with Gasteiger partial charge in [0.1, 0.15) is 0 Å². The molecule has 0 unspecified atom stereocenters. The lowest BCUT2D eigenvalue weighted by molar-refractivity contribution is 0.230. The Morgan fingerprint density at radius 1 is 1.35 bits per heavy atom. The third-order valence-corrected chi connectivity index (χ3v) is 4.64. The fourth-order valence-corrected chi connectivity index (χ4v) is 3.27. The molecule has 0 bridgehead atoms. The molecule has 6 nitrogen and oxygen atoms in total. The Kier molecular flexibility index (Phi) is 5.85. The van der Waals surface area contributed by atoms with E-state index in [1.807, 2.05) is 43.5 Å². The molecule has 0 spiro atoms. The Morgan fingerprint density at radius 3 is 2.88 bits per heavy atom. The van der Waals surface area contributed by atoms with Gasteiger partial charge in [-0.25, -0.2) is 0 Å². The molecular formula is C18H20N4O2S2. The standard InChI is InChI=1S/C18H20N4O2S2/c1-12(2)24-16-9-13(6-7-15(16)23-3)11-19-22-17(20-21-18(22)25)10-14-5-4-8-26-14/h4-9,11-12H,10H2,1-3H3,(H,21,25)/b19-11-. The van der Waals surface area contributed by atoms with Gasteiger partial charge in [-0.1, -0.05) is 6.07 Å². The Bertz CT molecular complexity index is 943. The summed E-state index contributed by atoms with van der Waals surface area (Å²) in [6, 6.07) is 9.75. The molecule has 0 aliphatic carbocycles. The summed E-state index contributed by atoms with van der Waals surface area (Å²) in [6.07, 6.45) is 2.46. The highest BCUT2D eigenvalue weighted by Crippen LogP contribution is 2.28. The molecule has 2 aromatic heterocycles. The van der Waals surface area contributed by atoms with Crippen LogP contribution in [-0.2, 0) is 6.42 Å². The first-order chi connectivity index (χ1) is 12.6. The maximum Gasteiger partial charge on any atom is 0.216 e. The van der Waals surface area contributed by atoms with E-state index >= 15 is 0 Å². The van der Waals surface area contributed by atoms with Crippen molar-refractivity contribution in [2.24, 2.45) is 5.10 Å². The van der Waals surface area contributed by atoms with E-state index in [9.17, 15) is 0 Å². The second kappa shape index (κ2) is 8.29. The maximum absolute atomic E-state index is 5.80. The lowest BCUT2D eigenvalue weighted by Gasteiger charge is -2.13. The number of nitrogens with zero attached hydrogens (tertiary/aromatic N) is 3. The Balaban J connectivity index is 1.86. The lowest BCUT2D eigenvalue weighted by atomic mass is 10.2. The van der Waals surface area contributed by atoms with Crippen molar-refractivity contribution in [3.63, 3.8) is 0 Å². The number of hydrogen-bond acceptors (Lipinski definition) is 6. The van der Waals surface area contributed by atoms with Crippen LogP contribution in [-0.4, -0.2) is 34.3 Å². The van der Waals surface area contributed by atoms with Gasteiger partial charge in [-0.2, -0.15) is 14.9 Å². The molecule has 1 N–H and O–H groups in total. The number of rotatable bonds is 7. The zero-order valence-electron chi connectivity index (χ0n) is 14.8. The van der Waals surface area contributed by atoms with Crippen LogP contribution in [0.2, 0.25) is 0 Å².